The second kappa shape index (κ2) is 6.34. The molecular formula is C16H17N3O3S. The second-order valence-corrected chi connectivity index (χ2v) is 7.67. The van der Waals surface area contributed by atoms with E-state index < -0.39 is 10.1 Å². The van der Waals surface area contributed by atoms with E-state index >= 15 is 0 Å². The normalized spacial score (nSPS) is 11.7. The number of benzene rings is 1. The number of nitriles is 1. The number of rotatable bonds is 4. The van der Waals surface area contributed by atoms with E-state index in [0.717, 1.165) is 5.56 Å². The maximum absolute atomic E-state index is 12.1. The average Bonchev–Trinajstić information content (AvgIpc) is 2.46. The second-order valence-electron chi connectivity index (χ2n) is 6.10. The molecule has 0 saturated heterocycles. The molecule has 0 N–H and O–H groups in total. The van der Waals surface area contributed by atoms with Gasteiger partial charge in [0.25, 0.3) is 5.88 Å². The maximum Gasteiger partial charge on any atom is 0.314 e. The van der Waals surface area contributed by atoms with Gasteiger partial charge in [-0.25, -0.2) is 0 Å². The third-order valence-electron chi connectivity index (χ3n) is 3.13. The van der Waals surface area contributed by atoms with Gasteiger partial charge in [-0.05, 0) is 22.6 Å². The van der Waals surface area contributed by atoms with Gasteiger partial charge in [-0.1, -0.05) is 45.0 Å². The minimum absolute atomic E-state index is 0.00593. The average molecular weight is 331 g/mol. The summed E-state index contributed by atoms with van der Waals surface area (Å²) in [6.45, 7) is 6.27. The van der Waals surface area contributed by atoms with Crippen LogP contribution in [0.5, 0.6) is 5.88 Å². The van der Waals surface area contributed by atoms with Crippen molar-refractivity contribution in [3.63, 3.8) is 0 Å². The molecule has 1 aromatic heterocycles. The summed E-state index contributed by atoms with van der Waals surface area (Å²) in [5, 5.41) is 15.7. The minimum Gasteiger partial charge on any atom is -0.360 e. The molecule has 0 bridgehead atoms. The summed E-state index contributed by atoms with van der Waals surface area (Å²) in [5.41, 5.74) is 1.84. The zero-order valence-electron chi connectivity index (χ0n) is 13.1. The molecule has 0 atom stereocenters. The van der Waals surface area contributed by atoms with Gasteiger partial charge in [0.05, 0.1) is 0 Å². The smallest absolute Gasteiger partial charge is 0.314 e. The van der Waals surface area contributed by atoms with Crippen LogP contribution in [0, 0.1) is 11.3 Å². The van der Waals surface area contributed by atoms with Gasteiger partial charge in [-0.3, -0.25) is 0 Å². The maximum atomic E-state index is 12.1. The molecule has 0 aliphatic carbocycles. The number of hydrogen-bond acceptors (Lipinski definition) is 6. The largest absolute Gasteiger partial charge is 0.360 e. The molecule has 2 rings (SSSR count). The highest BCUT2D eigenvalue weighted by Crippen LogP contribution is 2.23. The Balaban J connectivity index is 2.10. The van der Waals surface area contributed by atoms with Gasteiger partial charge in [0.2, 0.25) is 0 Å². The van der Waals surface area contributed by atoms with Crippen LogP contribution in [0.15, 0.2) is 36.4 Å². The monoisotopic (exact) mass is 331 g/mol. The van der Waals surface area contributed by atoms with Crippen molar-refractivity contribution in [1.29, 1.82) is 5.26 Å². The van der Waals surface area contributed by atoms with Crippen LogP contribution in [0.2, 0.25) is 0 Å². The zero-order valence-corrected chi connectivity index (χ0v) is 14.0. The number of aromatic nitrogens is 2. The molecule has 6 nitrogen and oxygen atoms in total. The van der Waals surface area contributed by atoms with Crippen LogP contribution >= 0.6 is 0 Å². The molecule has 0 saturated carbocycles. The lowest BCUT2D eigenvalue weighted by Crippen LogP contribution is -2.14. The van der Waals surface area contributed by atoms with Gasteiger partial charge >= 0.3 is 10.1 Å². The Morgan fingerprint density at radius 3 is 2.22 bits per heavy atom. The predicted molar refractivity (Wildman–Crippen MR) is 85.1 cm³/mol. The molecular weight excluding hydrogens is 314 g/mol. The lowest BCUT2D eigenvalue weighted by Gasteiger charge is -2.19. The van der Waals surface area contributed by atoms with E-state index in [0.29, 0.717) is 5.56 Å². The predicted octanol–water partition coefficient (Wildman–Crippen LogP) is 2.55. The molecule has 0 fully saturated rings. The third-order valence-corrected chi connectivity index (χ3v) is 4.24. The van der Waals surface area contributed by atoms with Crippen molar-refractivity contribution in [2.24, 2.45) is 0 Å². The van der Waals surface area contributed by atoms with Gasteiger partial charge in [0, 0.05) is 6.07 Å². The van der Waals surface area contributed by atoms with Gasteiger partial charge in [-0.2, -0.15) is 13.7 Å². The molecule has 1 aromatic carbocycles. The van der Waals surface area contributed by atoms with Crippen molar-refractivity contribution in [3.8, 4) is 11.9 Å². The Labute approximate surface area is 135 Å². The molecule has 2 aromatic rings. The summed E-state index contributed by atoms with van der Waals surface area (Å²) in [4.78, 5) is 0. The van der Waals surface area contributed by atoms with Crippen molar-refractivity contribution in [2.45, 2.75) is 31.9 Å². The van der Waals surface area contributed by atoms with Crippen LogP contribution in [0.1, 0.15) is 37.6 Å². The fourth-order valence-corrected chi connectivity index (χ4v) is 2.90. The van der Waals surface area contributed by atoms with E-state index in [2.05, 4.69) is 31.0 Å². The van der Waals surface area contributed by atoms with Crippen molar-refractivity contribution in [2.75, 3.05) is 0 Å². The summed E-state index contributed by atoms with van der Waals surface area (Å²) < 4.78 is 29.0. The lowest BCUT2D eigenvalue weighted by molar-refractivity contribution is 0.470. The Morgan fingerprint density at radius 2 is 1.74 bits per heavy atom. The first-order valence-electron chi connectivity index (χ1n) is 6.95. The van der Waals surface area contributed by atoms with E-state index in [1.54, 1.807) is 18.2 Å². The molecule has 23 heavy (non-hydrogen) atoms. The minimum atomic E-state index is -3.84. The lowest BCUT2D eigenvalue weighted by atomic mass is 9.87. The Kier molecular flexibility index (Phi) is 4.66. The fraction of sp³-hybridized carbons (Fsp3) is 0.312. The number of hydrogen-bond donors (Lipinski definition) is 0. The molecule has 1 heterocycles. The van der Waals surface area contributed by atoms with Crippen LogP contribution in [0.25, 0.3) is 0 Å². The molecule has 0 spiro atoms. The van der Waals surface area contributed by atoms with Crippen LogP contribution < -0.4 is 4.18 Å². The quantitative estimate of drug-likeness (QED) is 0.799. The molecule has 7 heteroatoms. The van der Waals surface area contributed by atoms with E-state index in [9.17, 15) is 8.42 Å². The SMILES string of the molecule is CC(C)(C)c1ccc(CS(=O)(=O)Oc2ccc(C#N)nn2)cc1. The highest BCUT2D eigenvalue weighted by atomic mass is 32.2. The first kappa shape index (κ1) is 16.9. The van der Waals surface area contributed by atoms with E-state index in [-0.39, 0.29) is 22.7 Å². The van der Waals surface area contributed by atoms with Crippen molar-refractivity contribution >= 4 is 10.1 Å². The van der Waals surface area contributed by atoms with E-state index in [1.165, 1.54) is 12.1 Å². The fourth-order valence-electron chi connectivity index (χ4n) is 1.89. The standard InChI is InChI=1S/C16H17N3O3S/c1-16(2,3)13-6-4-12(5-7-13)11-23(20,21)22-15-9-8-14(10-17)18-19-15/h4-9H,11H2,1-3H3. The molecule has 0 unspecified atom stereocenters. The summed E-state index contributed by atoms with van der Waals surface area (Å²) in [7, 11) is -3.84. The number of nitrogens with zero attached hydrogens (tertiary/aromatic N) is 3. The van der Waals surface area contributed by atoms with Gasteiger partial charge in [0.15, 0.2) is 5.69 Å². The summed E-state index contributed by atoms with van der Waals surface area (Å²) in [5.74, 6) is -0.422. The summed E-state index contributed by atoms with van der Waals surface area (Å²) in [6, 6.07) is 11.8. The summed E-state index contributed by atoms with van der Waals surface area (Å²) >= 11 is 0. The van der Waals surface area contributed by atoms with Gasteiger partial charge < -0.3 is 4.18 Å². The highest BCUT2D eigenvalue weighted by molar-refractivity contribution is 7.86. The molecule has 0 aliphatic heterocycles. The van der Waals surface area contributed by atoms with Crippen LogP contribution in [0.3, 0.4) is 0 Å². The Morgan fingerprint density at radius 1 is 1.09 bits per heavy atom. The zero-order chi connectivity index (χ0) is 17.1. The van der Waals surface area contributed by atoms with Crippen molar-refractivity contribution < 1.29 is 12.6 Å². The van der Waals surface area contributed by atoms with Crippen LogP contribution in [-0.2, 0) is 21.3 Å². The van der Waals surface area contributed by atoms with Crippen molar-refractivity contribution in [1.82, 2.24) is 10.2 Å². The topological polar surface area (TPSA) is 92.9 Å². The van der Waals surface area contributed by atoms with Crippen molar-refractivity contribution in [3.05, 3.63) is 53.2 Å². The first-order chi connectivity index (χ1) is 10.7. The van der Waals surface area contributed by atoms with E-state index in [1.807, 2.05) is 12.1 Å². The van der Waals surface area contributed by atoms with Crippen LogP contribution in [-0.4, -0.2) is 18.6 Å². The Hall–Kier alpha value is -2.46. The highest BCUT2D eigenvalue weighted by Gasteiger charge is 2.17. The third kappa shape index (κ3) is 4.76. The van der Waals surface area contributed by atoms with Crippen LogP contribution in [0.4, 0.5) is 0 Å². The van der Waals surface area contributed by atoms with Gasteiger partial charge in [-0.15, -0.1) is 10.2 Å². The van der Waals surface area contributed by atoms with Gasteiger partial charge in [0.1, 0.15) is 11.8 Å². The Bertz CT molecular complexity index is 815. The molecule has 120 valence electrons. The molecule has 0 aliphatic rings. The summed E-state index contributed by atoms with van der Waals surface area (Å²) in [6.07, 6.45) is 0. The molecule has 0 amide bonds. The first-order valence-corrected chi connectivity index (χ1v) is 8.53. The van der Waals surface area contributed by atoms with E-state index in [4.69, 9.17) is 9.44 Å². The molecule has 0 radical (unpaired) electrons.